The number of hydrogen-bond donors (Lipinski definition) is 0. The minimum absolute atomic E-state index is 0.212. The van der Waals surface area contributed by atoms with Gasteiger partial charge >= 0.3 is 6.03 Å². The van der Waals surface area contributed by atoms with E-state index in [9.17, 15) is 4.79 Å². The van der Waals surface area contributed by atoms with Crippen LogP contribution in [-0.4, -0.2) is 51.7 Å². The molecular weight excluding hydrogens is 322 g/mol. The first-order valence-corrected chi connectivity index (χ1v) is 7.90. The fourth-order valence-electron chi connectivity index (χ4n) is 3.09. The highest BCUT2D eigenvalue weighted by atomic mass is 16.5. The van der Waals surface area contributed by atoms with Crippen molar-refractivity contribution < 1.29 is 14.3 Å². The monoisotopic (exact) mass is 339 g/mol. The summed E-state index contributed by atoms with van der Waals surface area (Å²) in [6.07, 6.45) is 2.37. The molecule has 0 aliphatic carbocycles. The number of carbonyl (C=O) groups excluding carboxylic acids is 1. The molecule has 1 aromatic carbocycles. The van der Waals surface area contributed by atoms with Crippen LogP contribution in [0.15, 0.2) is 30.5 Å². The molecule has 0 bridgehead atoms. The molecule has 0 fully saturated rings. The van der Waals surface area contributed by atoms with Gasteiger partial charge in [0.2, 0.25) is 5.65 Å². The van der Waals surface area contributed by atoms with E-state index < -0.39 is 0 Å². The van der Waals surface area contributed by atoms with Gasteiger partial charge in [-0.05, 0) is 41.8 Å². The highest BCUT2D eigenvalue weighted by Gasteiger charge is 2.25. The summed E-state index contributed by atoms with van der Waals surface area (Å²) in [7, 11) is 3.22. The Morgan fingerprint density at radius 3 is 2.68 bits per heavy atom. The average Bonchev–Trinajstić information content (AvgIpc) is 3.09. The van der Waals surface area contributed by atoms with Crippen molar-refractivity contribution in [3.63, 3.8) is 0 Å². The summed E-state index contributed by atoms with van der Waals surface area (Å²) >= 11 is 0. The van der Waals surface area contributed by atoms with Crippen LogP contribution in [-0.2, 0) is 13.0 Å². The first kappa shape index (κ1) is 15.4. The van der Waals surface area contributed by atoms with Gasteiger partial charge in [-0.2, -0.15) is 4.68 Å². The Kier molecular flexibility index (Phi) is 3.72. The van der Waals surface area contributed by atoms with Gasteiger partial charge in [-0.15, -0.1) is 5.10 Å². The minimum atomic E-state index is -0.212. The molecule has 4 rings (SSSR count). The summed E-state index contributed by atoms with van der Waals surface area (Å²) in [6.45, 7) is 1.08. The lowest BCUT2D eigenvalue weighted by molar-refractivity contribution is 0.191. The first-order chi connectivity index (χ1) is 12.2. The van der Waals surface area contributed by atoms with Crippen LogP contribution in [0.2, 0.25) is 0 Å². The van der Waals surface area contributed by atoms with E-state index in [0.717, 1.165) is 17.5 Å². The number of fused-ring (bicyclic) bond motifs is 2. The maximum absolute atomic E-state index is 12.9. The molecule has 0 radical (unpaired) electrons. The third kappa shape index (κ3) is 2.55. The second-order valence-corrected chi connectivity index (χ2v) is 5.78. The number of methoxy groups -OCH3 is 2. The molecule has 0 saturated carbocycles. The van der Waals surface area contributed by atoms with Crippen LogP contribution in [0.4, 0.5) is 4.79 Å². The van der Waals surface area contributed by atoms with Gasteiger partial charge in [0.25, 0.3) is 0 Å². The predicted molar refractivity (Wildman–Crippen MR) is 89.8 cm³/mol. The van der Waals surface area contributed by atoms with Gasteiger partial charge in [0.1, 0.15) is 5.52 Å². The smallest absolute Gasteiger partial charge is 0.347 e. The molecule has 0 N–H and O–H groups in total. The van der Waals surface area contributed by atoms with Gasteiger partial charge < -0.3 is 14.4 Å². The van der Waals surface area contributed by atoms with Crippen LogP contribution in [0.5, 0.6) is 11.5 Å². The summed E-state index contributed by atoms with van der Waals surface area (Å²) in [5.41, 5.74) is 3.26. The molecule has 1 aliphatic heterocycles. The number of benzene rings is 1. The van der Waals surface area contributed by atoms with Crippen molar-refractivity contribution >= 4 is 17.2 Å². The van der Waals surface area contributed by atoms with Gasteiger partial charge in [0.05, 0.1) is 14.2 Å². The lowest BCUT2D eigenvalue weighted by atomic mass is 9.99. The zero-order valence-electron chi connectivity index (χ0n) is 14.0. The fraction of sp³-hybridized carbons (Fsp3) is 0.294. The van der Waals surface area contributed by atoms with Crippen molar-refractivity contribution in [2.24, 2.45) is 0 Å². The summed E-state index contributed by atoms with van der Waals surface area (Å²) in [6, 6.07) is 7.24. The van der Waals surface area contributed by atoms with Crippen molar-refractivity contribution in [2.75, 3.05) is 20.8 Å². The van der Waals surface area contributed by atoms with Crippen LogP contribution in [0, 0.1) is 0 Å². The highest BCUT2D eigenvalue weighted by Crippen LogP contribution is 2.33. The second kappa shape index (κ2) is 6.04. The molecule has 0 spiro atoms. The van der Waals surface area contributed by atoms with Crippen LogP contribution >= 0.6 is 0 Å². The number of amides is 1. The predicted octanol–water partition coefficient (Wildman–Crippen LogP) is 1.87. The van der Waals surface area contributed by atoms with Crippen molar-refractivity contribution in [3.05, 3.63) is 41.6 Å². The zero-order valence-corrected chi connectivity index (χ0v) is 14.0. The molecule has 3 aromatic rings. The number of hydrogen-bond acceptors (Lipinski definition) is 6. The molecule has 25 heavy (non-hydrogen) atoms. The van der Waals surface area contributed by atoms with E-state index in [-0.39, 0.29) is 6.03 Å². The molecular formula is C17H17N5O3. The number of ether oxygens (including phenoxy) is 2. The maximum Gasteiger partial charge on any atom is 0.347 e. The van der Waals surface area contributed by atoms with Crippen molar-refractivity contribution in [2.45, 2.75) is 13.0 Å². The lowest BCUT2D eigenvalue weighted by Crippen LogP contribution is -2.39. The van der Waals surface area contributed by atoms with Crippen molar-refractivity contribution in [3.8, 4) is 11.5 Å². The minimum Gasteiger partial charge on any atom is -0.493 e. The maximum atomic E-state index is 12.9. The normalized spacial score (nSPS) is 13.6. The molecule has 0 saturated heterocycles. The van der Waals surface area contributed by atoms with Gasteiger partial charge in [0.15, 0.2) is 11.5 Å². The molecule has 0 atom stereocenters. The molecule has 0 unspecified atom stereocenters. The highest BCUT2D eigenvalue weighted by molar-refractivity contribution is 5.86. The average molecular weight is 339 g/mol. The van der Waals surface area contributed by atoms with Gasteiger partial charge in [-0.1, -0.05) is 5.21 Å². The summed E-state index contributed by atoms with van der Waals surface area (Å²) in [4.78, 5) is 18.7. The van der Waals surface area contributed by atoms with Gasteiger partial charge in [0, 0.05) is 19.3 Å². The molecule has 3 heterocycles. The number of nitrogens with zero attached hydrogens (tertiary/aromatic N) is 5. The lowest BCUT2D eigenvalue weighted by Gasteiger charge is -2.29. The molecule has 8 heteroatoms. The Labute approximate surface area is 144 Å². The van der Waals surface area contributed by atoms with Gasteiger partial charge in [-0.25, -0.2) is 9.78 Å². The number of rotatable bonds is 2. The molecule has 8 nitrogen and oxygen atoms in total. The van der Waals surface area contributed by atoms with E-state index in [1.165, 1.54) is 4.68 Å². The van der Waals surface area contributed by atoms with Crippen LogP contribution < -0.4 is 9.47 Å². The Bertz CT molecular complexity index is 953. The molecule has 1 aliphatic rings. The van der Waals surface area contributed by atoms with Crippen LogP contribution in [0.1, 0.15) is 11.1 Å². The third-order valence-corrected chi connectivity index (χ3v) is 4.39. The van der Waals surface area contributed by atoms with E-state index in [1.807, 2.05) is 12.1 Å². The van der Waals surface area contributed by atoms with Crippen LogP contribution in [0.3, 0.4) is 0 Å². The summed E-state index contributed by atoms with van der Waals surface area (Å²) in [5, 5.41) is 7.90. The summed E-state index contributed by atoms with van der Waals surface area (Å²) in [5.74, 6) is 1.36. The third-order valence-electron chi connectivity index (χ3n) is 4.39. The van der Waals surface area contributed by atoms with Crippen LogP contribution in [0.25, 0.3) is 11.2 Å². The van der Waals surface area contributed by atoms with Crippen molar-refractivity contribution in [1.29, 1.82) is 0 Å². The number of aromatic nitrogens is 4. The Morgan fingerprint density at radius 1 is 1.16 bits per heavy atom. The second-order valence-electron chi connectivity index (χ2n) is 5.78. The standard InChI is InChI=1S/C17H17N5O3/c1-24-14-8-11-5-7-21(10-12(11)9-15(14)25-2)17(23)22-13-4-3-6-18-16(13)19-20-22/h3-4,6,8-9H,5,7,10H2,1-2H3. The van der Waals surface area contributed by atoms with E-state index >= 15 is 0 Å². The van der Waals surface area contributed by atoms with Gasteiger partial charge in [-0.3, -0.25) is 0 Å². The molecule has 2 aromatic heterocycles. The fourth-order valence-corrected chi connectivity index (χ4v) is 3.09. The molecule has 128 valence electrons. The first-order valence-electron chi connectivity index (χ1n) is 7.90. The van der Waals surface area contributed by atoms with Crippen molar-refractivity contribution in [1.82, 2.24) is 24.9 Å². The largest absolute Gasteiger partial charge is 0.493 e. The molecule has 1 amide bonds. The van der Waals surface area contributed by atoms with E-state index in [0.29, 0.717) is 35.8 Å². The Morgan fingerprint density at radius 2 is 1.92 bits per heavy atom. The van der Waals surface area contributed by atoms with E-state index in [2.05, 4.69) is 15.3 Å². The number of pyridine rings is 1. The van der Waals surface area contributed by atoms with E-state index in [1.54, 1.807) is 37.4 Å². The quantitative estimate of drug-likeness (QED) is 0.709. The zero-order chi connectivity index (χ0) is 17.4. The topological polar surface area (TPSA) is 82.4 Å². The number of carbonyl (C=O) groups is 1. The Balaban J connectivity index is 1.65. The SMILES string of the molecule is COc1cc2c(cc1OC)CN(C(=O)n1nnc3ncccc31)CC2. The summed E-state index contributed by atoms with van der Waals surface area (Å²) < 4.78 is 12.0. The Hall–Kier alpha value is -3.16. The van der Waals surface area contributed by atoms with E-state index in [4.69, 9.17) is 9.47 Å².